The molecule has 1 aliphatic carbocycles. The smallest absolute Gasteiger partial charge is 0.338 e. The Bertz CT molecular complexity index is 1190. The van der Waals surface area contributed by atoms with Crippen molar-refractivity contribution in [3.63, 3.8) is 0 Å². The van der Waals surface area contributed by atoms with Crippen molar-refractivity contribution in [1.29, 1.82) is 0 Å². The normalized spacial score (nSPS) is 13.7. The highest BCUT2D eigenvalue weighted by Gasteiger charge is 2.21. The lowest BCUT2D eigenvalue weighted by Gasteiger charge is -2.24. The molecule has 1 amide bonds. The Morgan fingerprint density at radius 1 is 0.892 bits per heavy atom. The fourth-order valence-electron chi connectivity index (χ4n) is 4.65. The minimum absolute atomic E-state index is 0.153. The monoisotopic (exact) mass is 539 g/mol. The number of esters is 1. The third-order valence-corrected chi connectivity index (χ3v) is 7.40. The van der Waals surface area contributed by atoms with Crippen molar-refractivity contribution in [2.24, 2.45) is 0 Å². The van der Waals surface area contributed by atoms with Crippen LogP contribution in [0.5, 0.6) is 5.75 Å². The molecule has 0 spiro atoms. The largest absolute Gasteiger partial charge is 0.484 e. The molecule has 0 aliphatic heterocycles. The van der Waals surface area contributed by atoms with Crippen LogP contribution in [0.15, 0.2) is 66.7 Å². The zero-order valence-corrected chi connectivity index (χ0v) is 22.4. The summed E-state index contributed by atoms with van der Waals surface area (Å²) in [5, 5.41) is 0.931. The Balaban J connectivity index is 1.50. The lowest BCUT2D eigenvalue weighted by molar-refractivity contribution is -0.120. The van der Waals surface area contributed by atoms with E-state index >= 15 is 0 Å². The fraction of sp³-hybridized carbons (Fsp3) is 0.333. The van der Waals surface area contributed by atoms with Crippen LogP contribution < -0.4 is 9.64 Å². The molecular formula is C30H31Cl2NO4. The lowest BCUT2D eigenvalue weighted by Crippen LogP contribution is -2.34. The van der Waals surface area contributed by atoms with Gasteiger partial charge in [-0.15, -0.1) is 0 Å². The van der Waals surface area contributed by atoms with Crippen molar-refractivity contribution in [2.75, 3.05) is 18.1 Å². The number of rotatable bonds is 9. The van der Waals surface area contributed by atoms with E-state index in [1.807, 2.05) is 12.1 Å². The van der Waals surface area contributed by atoms with Gasteiger partial charge in [0, 0.05) is 21.3 Å². The molecule has 0 atom stereocenters. The number of hydrogen-bond donors (Lipinski definition) is 0. The van der Waals surface area contributed by atoms with Gasteiger partial charge in [0.15, 0.2) is 6.61 Å². The average Bonchev–Trinajstić information content (AvgIpc) is 2.93. The van der Waals surface area contributed by atoms with Crippen molar-refractivity contribution < 1.29 is 19.1 Å². The number of ether oxygens (including phenoxy) is 2. The van der Waals surface area contributed by atoms with Gasteiger partial charge < -0.3 is 14.4 Å². The summed E-state index contributed by atoms with van der Waals surface area (Å²) in [5.74, 6) is 0.566. The van der Waals surface area contributed by atoms with Gasteiger partial charge in [0.25, 0.3) is 5.91 Å². The van der Waals surface area contributed by atoms with Crippen LogP contribution in [0.25, 0.3) is 0 Å². The van der Waals surface area contributed by atoms with E-state index in [9.17, 15) is 9.59 Å². The van der Waals surface area contributed by atoms with Crippen LogP contribution >= 0.6 is 23.2 Å². The Hall–Kier alpha value is -3.02. The standard InChI is InChI=1S/C30H31Cl2NO4/c1-2-36-30(35)23-11-15-24(16-12-23)33(19-26-27(31)9-6-10-28(26)32)29(34)20-37-25-17-13-22(14-18-25)21-7-4-3-5-8-21/h6,9-18,21H,2-5,7-8,19-20H2,1H3. The summed E-state index contributed by atoms with van der Waals surface area (Å²) in [7, 11) is 0. The fourth-order valence-corrected chi connectivity index (χ4v) is 5.17. The van der Waals surface area contributed by atoms with E-state index in [4.69, 9.17) is 32.7 Å². The number of hydrogen-bond acceptors (Lipinski definition) is 4. The van der Waals surface area contributed by atoms with E-state index < -0.39 is 5.97 Å². The summed E-state index contributed by atoms with van der Waals surface area (Å²) in [6, 6.07) is 20.0. The maximum absolute atomic E-state index is 13.4. The number of amides is 1. The van der Waals surface area contributed by atoms with Crippen LogP contribution in [0.2, 0.25) is 10.0 Å². The van der Waals surface area contributed by atoms with Gasteiger partial charge >= 0.3 is 5.97 Å². The molecular weight excluding hydrogens is 509 g/mol. The SMILES string of the molecule is CCOC(=O)c1ccc(N(Cc2c(Cl)cccc2Cl)C(=O)COc2ccc(C3CCCCC3)cc2)cc1. The average molecular weight is 540 g/mol. The first kappa shape index (κ1) is 27.0. The van der Waals surface area contributed by atoms with Crippen LogP contribution in [0.1, 0.15) is 66.4 Å². The zero-order chi connectivity index (χ0) is 26.2. The molecule has 194 valence electrons. The van der Waals surface area contributed by atoms with Gasteiger partial charge in [-0.1, -0.05) is 60.7 Å². The van der Waals surface area contributed by atoms with E-state index in [1.54, 1.807) is 54.3 Å². The summed E-state index contributed by atoms with van der Waals surface area (Å²) in [6.07, 6.45) is 6.34. The molecule has 1 aliphatic rings. The van der Waals surface area contributed by atoms with E-state index in [2.05, 4.69) is 12.1 Å². The van der Waals surface area contributed by atoms with Crippen molar-refractivity contribution in [3.8, 4) is 5.75 Å². The Labute approximate surface area is 228 Å². The number of nitrogens with zero attached hydrogens (tertiary/aromatic N) is 1. The minimum Gasteiger partial charge on any atom is -0.484 e. The predicted molar refractivity (Wildman–Crippen MR) is 148 cm³/mol. The second-order valence-electron chi connectivity index (χ2n) is 9.14. The number of anilines is 1. The maximum atomic E-state index is 13.4. The summed E-state index contributed by atoms with van der Waals surface area (Å²) in [6.45, 7) is 2.03. The van der Waals surface area contributed by atoms with E-state index in [1.165, 1.54) is 37.7 Å². The first-order chi connectivity index (χ1) is 18.0. The predicted octanol–water partition coefficient (Wildman–Crippen LogP) is 7.83. The van der Waals surface area contributed by atoms with Gasteiger partial charge in [-0.2, -0.15) is 0 Å². The van der Waals surface area contributed by atoms with E-state index in [0.717, 1.165) is 0 Å². The van der Waals surface area contributed by atoms with Crippen LogP contribution in [0.3, 0.4) is 0 Å². The summed E-state index contributed by atoms with van der Waals surface area (Å²) in [4.78, 5) is 27.0. The number of carbonyl (C=O) groups is 2. The van der Waals surface area contributed by atoms with Crippen LogP contribution in [-0.4, -0.2) is 25.1 Å². The van der Waals surface area contributed by atoms with Gasteiger partial charge in [-0.3, -0.25) is 4.79 Å². The molecule has 1 saturated carbocycles. The van der Waals surface area contributed by atoms with Crippen molar-refractivity contribution in [2.45, 2.75) is 51.5 Å². The van der Waals surface area contributed by atoms with Crippen LogP contribution in [-0.2, 0) is 16.1 Å². The number of benzene rings is 3. The first-order valence-electron chi connectivity index (χ1n) is 12.7. The summed E-state index contributed by atoms with van der Waals surface area (Å²) >= 11 is 12.8. The van der Waals surface area contributed by atoms with Crippen molar-refractivity contribution >= 4 is 40.8 Å². The van der Waals surface area contributed by atoms with Crippen molar-refractivity contribution in [1.82, 2.24) is 0 Å². The third kappa shape index (κ3) is 7.06. The highest BCUT2D eigenvalue weighted by Crippen LogP contribution is 2.33. The highest BCUT2D eigenvalue weighted by molar-refractivity contribution is 6.36. The molecule has 3 aromatic carbocycles. The minimum atomic E-state index is -0.416. The maximum Gasteiger partial charge on any atom is 0.338 e. The second-order valence-corrected chi connectivity index (χ2v) is 9.95. The molecule has 7 heteroatoms. The topological polar surface area (TPSA) is 55.8 Å². The molecule has 37 heavy (non-hydrogen) atoms. The Morgan fingerprint density at radius 3 is 2.16 bits per heavy atom. The van der Waals surface area contributed by atoms with Gasteiger partial charge in [-0.05, 0) is 79.8 Å². The van der Waals surface area contributed by atoms with E-state index in [-0.39, 0.29) is 25.7 Å². The quantitative estimate of drug-likeness (QED) is 0.260. The van der Waals surface area contributed by atoms with Crippen LogP contribution in [0.4, 0.5) is 5.69 Å². The van der Waals surface area contributed by atoms with Gasteiger partial charge in [0.1, 0.15) is 5.75 Å². The van der Waals surface area contributed by atoms with Crippen molar-refractivity contribution in [3.05, 3.63) is 93.5 Å². The lowest BCUT2D eigenvalue weighted by atomic mass is 9.84. The summed E-state index contributed by atoms with van der Waals surface area (Å²) < 4.78 is 10.9. The molecule has 3 aromatic rings. The molecule has 0 N–H and O–H groups in total. The highest BCUT2D eigenvalue weighted by atomic mass is 35.5. The molecule has 5 nitrogen and oxygen atoms in total. The Morgan fingerprint density at radius 2 is 1.54 bits per heavy atom. The second kappa shape index (κ2) is 13.0. The molecule has 0 bridgehead atoms. The molecule has 0 heterocycles. The van der Waals surface area contributed by atoms with E-state index in [0.29, 0.717) is 38.5 Å². The molecule has 0 aromatic heterocycles. The van der Waals surface area contributed by atoms with Crippen LogP contribution in [0, 0.1) is 0 Å². The van der Waals surface area contributed by atoms with Gasteiger partial charge in [0.2, 0.25) is 0 Å². The molecule has 1 fully saturated rings. The van der Waals surface area contributed by atoms with Gasteiger partial charge in [0.05, 0.1) is 18.7 Å². The first-order valence-corrected chi connectivity index (χ1v) is 13.4. The molecule has 0 radical (unpaired) electrons. The third-order valence-electron chi connectivity index (χ3n) is 6.69. The van der Waals surface area contributed by atoms with Gasteiger partial charge in [-0.25, -0.2) is 4.79 Å². The molecule has 4 rings (SSSR count). The number of halogens is 2. The summed E-state index contributed by atoms with van der Waals surface area (Å²) in [5.41, 5.74) is 2.95. The zero-order valence-electron chi connectivity index (χ0n) is 20.9. The molecule has 0 saturated heterocycles. The molecule has 0 unspecified atom stereocenters. The number of carbonyl (C=O) groups excluding carboxylic acids is 2. The Kier molecular flexibility index (Phi) is 9.48.